The Kier molecular flexibility index (Phi) is 8.79. The lowest BCUT2D eigenvalue weighted by Crippen LogP contribution is -2.38. The lowest BCUT2D eigenvalue weighted by molar-refractivity contribution is -0.140. The molecule has 0 fully saturated rings. The minimum absolute atomic E-state index is 0.0182. The first-order valence-corrected chi connectivity index (χ1v) is 12.0. The van der Waals surface area contributed by atoms with E-state index in [-0.39, 0.29) is 31.4 Å². The SMILES string of the molecule is CCOC(=O)C1=C(C)N(Cc2cccc(C(=O)NCCC(C)C)c2)C(=O)CC1c1cccc(F)c1. The summed E-state index contributed by atoms with van der Waals surface area (Å²) in [6, 6.07) is 13.1. The first kappa shape index (κ1) is 26.1. The van der Waals surface area contributed by atoms with E-state index < -0.39 is 17.7 Å². The Balaban J connectivity index is 1.89. The zero-order valence-corrected chi connectivity index (χ0v) is 20.8. The number of hydrogen-bond donors (Lipinski definition) is 1. The van der Waals surface area contributed by atoms with E-state index in [1.807, 2.05) is 6.07 Å². The summed E-state index contributed by atoms with van der Waals surface area (Å²) in [6.07, 6.45) is 0.908. The predicted octanol–water partition coefficient (Wildman–Crippen LogP) is 4.95. The summed E-state index contributed by atoms with van der Waals surface area (Å²) in [5.41, 5.74) is 2.66. The number of allylic oxidation sites excluding steroid dienone is 1. The van der Waals surface area contributed by atoms with Gasteiger partial charge in [-0.1, -0.05) is 38.1 Å². The van der Waals surface area contributed by atoms with Crippen LogP contribution in [-0.2, 0) is 20.9 Å². The minimum Gasteiger partial charge on any atom is -0.463 e. The first-order chi connectivity index (χ1) is 16.7. The van der Waals surface area contributed by atoms with Crippen LogP contribution in [0.25, 0.3) is 0 Å². The van der Waals surface area contributed by atoms with Crippen molar-refractivity contribution < 1.29 is 23.5 Å². The van der Waals surface area contributed by atoms with Gasteiger partial charge >= 0.3 is 5.97 Å². The number of amides is 2. The maximum absolute atomic E-state index is 13.9. The van der Waals surface area contributed by atoms with Crippen molar-refractivity contribution in [3.63, 3.8) is 0 Å². The fraction of sp³-hybridized carbons (Fsp3) is 0.393. The summed E-state index contributed by atoms with van der Waals surface area (Å²) in [6.45, 7) is 8.61. The standard InChI is InChI=1S/C28H33FN2O4/c1-5-35-28(34)26-19(4)31(25(32)16-24(26)21-9-7-11-23(29)15-21)17-20-8-6-10-22(14-20)27(33)30-13-12-18(2)3/h6-11,14-15,18,24H,5,12-13,16-17H2,1-4H3,(H,30,33). The third kappa shape index (κ3) is 6.56. The van der Waals surface area contributed by atoms with E-state index in [1.54, 1.807) is 44.2 Å². The highest BCUT2D eigenvalue weighted by Gasteiger charge is 2.37. The molecular weight excluding hydrogens is 447 g/mol. The van der Waals surface area contributed by atoms with Gasteiger partial charge in [0, 0.05) is 30.1 Å². The van der Waals surface area contributed by atoms with Crippen LogP contribution in [0, 0.1) is 11.7 Å². The topological polar surface area (TPSA) is 75.7 Å². The van der Waals surface area contributed by atoms with Gasteiger partial charge in [-0.15, -0.1) is 0 Å². The molecule has 186 valence electrons. The molecule has 1 aliphatic heterocycles. The second kappa shape index (κ2) is 11.8. The molecule has 1 aliphatic rings. The molecule has 1 heterocycles. The summed E-state index contributed by atoms with van der Waals surface area (Å²) in [5.74, 6) is -1.39. The molecule has 35 heavy (non-hydrogen) atoms. The van der Waals surface area contributed by atoms with Gasteiger partial charge in [0.15, 0.2) is 0 Å². The van der Waals surface area contributed by atoms with E-state index in [9.17, 15) is 18.8 Å². The van der Waals surface area contributed by atoms with Crippen LogP contribution in [0.15, 0.2) is 59.8 Å². The molecule has 0 saturated heterocycles. The molecule has 2 aromatic rings. The van der Waals surface area contributed by atoms with Crippen molar-refractivity contribution in [1.82, 2.24) is 10.2 Å². The van der Waals surface area contributed by atoms with Crippen molar-refractivity contribution in [1.29, 1.82) is 0 Å². The third-order valence-electron chi connectivity index (χ3n) is 6.11. The third-order valence-corrected chi connectivity index (χ3v) is 6.11. The lowest BCUT2D eigenvalue weighted by atomic mass is 9.83. The number of esters is 1. The van der Waals surface area contributed by atoms with Gasteiger partial charge in [-0.05, 0) is 61.6 Å². The Morgan fingerprint density at radius 2 is 1.91 bits per heavy atom. The van der Waals surface area contributed by atoms with Gasteiger partial charge in [0.1, 0.15) is 5.82 Å². The monoisotopic (exact) mass is 480 g/mol. The van der Waals surface area contributed by atoms with E-state index in [2.05, 4.69) is 19.2 Å². The van der Waals surface area contributed by atoms with Crippen LogP contribution in [-0.4, -0.2) is 35.8 Å². The van der Waals surface area contributed by atoms with Crippen LogP contribution in [0.2, 0.25) is 0 Å². The van der Waals surface area contributed by atoms with Crippen molar-refractivity contribution in [2.75, 3.05) is 13.2 Å². The maximum Gasteiger partial charge on any atom is 0.336 e. The van der Waals surface area contributed by atoms with Gasteiger partial charge in [0.05, 0.1) is 18.7 Å². The summed E-state index contributed by atoms with van der Waals surface area (Å²) in [7, 11) is 0. The molecule has 2 aromatic carbocycles. The van der Waals surface area contributed by atoms with Gasteiger partial charge in [0.25, 0.3) is 5.91 Å². The number of nitrogens with zero attached hydrogens (tertiary/aromatic N) is 1. The molecule has 1 N–H and O–H groups in total. The average Bonchev–Trinajstić information content (AvgIpc) is 2.81. The largest absolute Gasteiger partial charge is 0.463 e. The molecule has 2 amide bonds. The number of rotatable bonds is 9. The summed E-state index contributed by atoms with van der Waals surface area (Å²) in [5, 5.41) is 2.92. The van der Waals surface area contributed by atoms with Gasteiger partial charge in [-0.2, -0.15) is 0 Å². The van der Waals surface area contributed by atoms with E-state index in [1.165, 1.54) is 17.0 Å². The molecule has 0 saturated carbocycles. The summed E-state index contributed by atoms with van der Waals surface area (Å²) < 4.78 is 19.2. The van der Waals surface area contributed by atoms with Crippen LogP contribution in [0.1, 0.15) is 67.9 Å². The molecule has 1 atom stereocenters. The molecule has 0 aliphatic carbocycles. The Morgan fingerprint density at radius 1 is 1.17 bits per heavy atom. The van der Waals surface area contributed by atoms with Crippen molar-refractivity contribution >= 4 is 17.8 Å². The molecule has 0 aromatic heterocycles. The highest BCUT2D eigenvalue weighted by Crippen LogP contribution is 2.38. The fourth-order valence-electron chi connectivity index (χ4n) is 4.25. The van der Waals surface area contributed by atoms with E-state index in [0.29, 0.717) is 34.9 Å². The van der Waals surface area contributed by atoms with Gasteiger partial charge in [-0.3, -0.25) is 9.59 Å². The smallest absolute Gasteiger partial charge is 0.336 e. The molecule has 0 bridgehead atoms. The van der Waals surface area contributed by atoms with Crippen LogP contribution >= 0.6 is 0 Å². The highest BCUT2D eigenvalue weighted by atomic mass is 19.1. The number of ether oxygens (including phenoxy) is 1. The number of carbonyl (C=O) groups excluding carboxylic acids is 3. The Morgan fingerprint density at radius 3 is 2.60 bits per heavy atom. The van der Waals surface area contributed by atoms with Crippen molar-refractivity contribution in [2.24, 2.45) is 5.92 Å². The van der Waals surface area contributed by atoms with Crippen LogP contribution in [0.3, 0.4) is 0 Å². The zero-order chi connectivity index (χ0) is 25.5. The Labute approximate surface area is 206 Å². The first-order valence-electron chi connectivity index (χ1n) is 12.0. The minimum atomic E-state index is -0.591. The van der Waals surface area contributed by atoms with Crippen molar-refractivity contribution in [3.05, 3.63) is 82.3 Å². The molecule has 0 radical (unpaired) electrons. The number of carbonyl (C=O) groups is 3. The molecule has 6 nitrogen and oxygen atoms in total. The number of benzene rings is 2. The maximum atomic E-state index is 13.9. The molecule has 7 heteroatoms. The number of hydrogen-bond acceptors (Lipinski definition) is 4. The normalized spacial score (nSPS) is 16.0. The van der Waals surface area contributed by atoms with Gasteiger partial charge < -0.3 is 15.0 Å². The summed E-state index contributed by atoms with van der Waals surface area (Å²) >= 11 is 0. The highest BCUT2D eigenvalue weighted by molar-refractivity contribution is 5.96. The van der Waals surface area contributed by atoms with Crippen molar-refractivity contribution in [3.8, 4) is 0 Å². The lowest BCUT2D eigenvalue weighted by Gasteiger charge is -2.34. The number of nitrogens with one attached hydrogen (secondary N) is 1. The summed E-state index contributed by atoms with van der Waals surface area (Å²) in [4.78, 5) is 40.2. The Bertz CT molecular complexity index is 1130. The second-order valence-electron chi connectivity index (χ2n) is 9.15. The average molecular weight is 481 g/mol. The predicted molar refractivity (Wildman–Crippen MR) is 132 cm³/mol. The molecule has 1 unspecified atom stereocenters. The second-order valence-corrected chi connectivity index (χ2v) is 9.15. The molecule has 3 rings (SSSR count). The van der Waals surface area contributed by atoms with E-state index in [0.717, 1.165) is 12.0 Å². The van der Waals surface area contributed by atoms with Gasteiger partial charge in [-0.25, -0.2) is 9.18 Å². The van der Waals surface area contributed by atoms with E-state index >= 15 is 0 Å². The molecular formula is C28H33FN2O4. The van der Waals surface area contributed by atoms with E-state index in [4.69, 9.17) is 4.74 Å². The van der Waals surface area contributed by atoms with Crippen LogP contribution < -0.4 is 5.32 Å². The van der Waals surface area contributed by atoms with Crippen LogP contribution in [0.4, 0.5) is 4.39 Å². The van der Waals surface area contributed by atoms with Gasteiger partial charge in [0.2, 0.25) is 5.91 Å². The van der Waals surface area contributed by atoms with Crippen molar-refractivity contribution in [2.45, 2.75) is 53.0 Å². The quantitative estimate of drug-likeness (QED) is 0.515. The van der Waals surface area contributed by atoms with Crippen LogP contribution in [0.5, 0.6) is 0 Å². The molecule has 0 spiro atoms. The fourth-order valence-corrected chi connectivity index (χ4v) is 4.25. The number of halogens is 1. The Hall–Kier alpha value is -3.48. The zero-order valence-electron chi connectivity index (χ0n) is 20.8.